The molecule has 0 saturated carbocycles. The van der Waals surface area contributed by atoms with Gasteiger partial charge in [-0.1, -0.05) is 48.8 Å². The topological polar surface area (TPSA) is 88.9 Å². The van der Waals surface area contributed by atoms with Crippen LogP contribution in [0.15, 0.2) is 40.0 Å². The molecule has 0 bridgehead atoms. The number of anilines is 1. The largest absolute Gasteiger partial charge is 0.342 e. The summed E-state index contributed by atoms with van der Waals surface area (Å²) in [5, 5.41) is 16.0. The number of hydrogen-bond acceptors (Lipinski definition) is 5. The zero-order valence-corrected chi connectivity index (χ0v) is 24.6. The molecule has 2 aromatic carbocycles. The number of halogens is 3. The number of amides is 2. The third-order valence-electron chi connectivity index (χ3n) is 5.66. The molecule has 3 aromatic rings. The molecule has 1 heterocycles. The van der Waals surface area contributed by atoms with E-state index in [1.165, 1.54) is 17.8 Å². The SMILES string of the molecule is CCn1c(SCC(=O)Nc2cc(C)c(C)cc2Br)nnc1[C@@H](NC(=O)c1ccc(Cl)c(Cl)c1)C(C)C. The average Bonchev–Trinajstić information content (AvgIpc) is 3.23. The Morgan fingerprint density at radius 3 is 2.42 bits per heavy atom. The summed E-state index contributed by atoms with van der Waals surface area (Å²) in [5.74, 6) is 0.393. The Hall–Kier alpha value is -2.07. The molecule has 1 atom stereocenters. The van der Waals surface area contributed by atoms with Crippen molar-refractivity contribution in [2.75, 3.05) is 11.1 Å². The van der Waals surface area contributed by atoms with Crippen molar-refractivity contribution in [3.63, 3.8) is 0 Å². The van der Waals surface area contributed by atoms with E-state index in [9.17, 15) is 9.59 Å². The van der Waals surface area contributed by atoms with Crippen LogP contribution in [0.2, 0.25) is 10.0 Å². The van der Waals surface area contributed by atoms with E-state index in [1.54, 1.807) is 12.1 Å². The van der Waals surface area contributed by atoms with Crippen molar-refractivity contribution < 1.29 is 9.59 Å². The zero-order chi connectivity index (χ0) is 26.6. The summed E-state index contributed by atoms with van der Waals surface area (Å²) in [7, 11) is 0. The highest BCUT2D eigenvalue weighted by Crippen LogP contribution is 2.29. The number of carbonyl (C=O) groups is 2. The summed E-state index contributed by atoms with van der Waals surface area (Å²) in [6.07, 6.45) is 0. The lowest BCUT2D eigenvalue weighted by molar-refractivity contribution is -0.113. The number of benzene rings is 2. The van der Waals surface area contributed by atoms with Gasteiger partial charge in [0, 0.05) is 16.6 Å². The number of nitrogens with one attached hydrogen (secondary N) is 2. The molecular formula is C25H28BrCl2N5O2S. The normalized spacial score (nSPS) is 12.0. The van der Waals surface area contributed by atoms with Gasteiger partial charge in [-0.2, -0.15) is 0 Å². The lowest BCUT2D eigenvalue weighted by Gasteiger charge is -2.22. The monoisotopic (exact) mass is 611 g/mol. The standard InChI is InChI=1S/C25H28BrCl2N5O2S/c1-6-33-23(22(13(2)3)30-24(35)16-7-8-18(27)19(28)11-16)31-32-25(33)36-12-21(34)29-20-10-15(5)14(4)9-17(20)26/h7-11,13,22H,6,12H2,1-5H3,(H,29,34)(H,30,35)/t22-/m0/s1. The fourth-order valence-electron chi connectivity index (χ4n) is 3.52. The Morgan fingerprint density at radius 1 is 1.08 bits per heavy atom. The van der Waals surface area contributed by atoms with Crippen molar-refractivity contribution in [1.29, 1.82) is 0 Å². The van der Waals surface area contributed by atoms with E-state index in [-0.39, 0.29) is 23.5 Å². The number of nitrogens with zero attached hydrogens (tertiary/aromatic N) is 3. The zero-order valence-electron chi connectivity index (χ0n) is 20.7. The second-order valence-electron chi connectivity index (χ2n) is 8.66. The fourth-order valence-corrected chi connectivity index (χ4v) is 5.18. The molecule has 0 aliphatic rings. The van der Waals surface area contributed by atoms with Crippen LogP contribution < -0.4 is 10.6 Å². The van der Waals surface area contributed by atoms with Crippen LogP contribution in [0.3, 0.4) is 0 Å². The Morgan fingerprint density at radius 2 is 1.78 bits per heavy atom. The maximum absolute atomic E-state index is 12.9. The molecule has 0 unspecified atom stereocenters. The number of aryl methyl sites for hydroxylation is 2. The predicted molar refractivity (Wildman–Crippen MR) is 150 cm³/mol. The van der Waals surface area contributed by atoms with E-state index in [0.717, 1.165) is 21.3 Å². The number of aromatic nitrogens is 3. The third kappa shape index (κ3) is 6.82. The lowest BCUT2D eigenvalue weighted by atomic mass is 10.0. The minimum atomic E-state index is -0.394. The van der Waals surface area contributed by atoms with Crippen molar-refractivity contribution in [1.82, 2.24) is 20.1 Å². The summed E-state index contributed by atoms with van der Waals surface area (Å²) in [4.78, 5) is 25.6. The highest BCUT2D eigenvalue weighted by Gasteiger charge is 2.26. The second-order valence-corrected chi connectivity index (χ2v) is 11.3. The Kier molecular flexibility index (Phi) is 9.86. The van der Waals surface area contributed by atoms with Crippen LogP contribution >= 0.6 is 50.9 Å². The van der Waals surface area contributed by atoms with Crippen LogP contribution in [0, 0.1) is 19.8 Å². The van der Waals surface area contributed by atoms with Crippen molar-refractivity contribution in [3.8, 4) is 0 Å². The summed E-state index contributed by atoms with van der Waals surface area (Å²) in [5.41, 5.74) is 3.37. The molecule has 3 rings (SSSR count). The molecule has 0 fully saturated rings. The van der Waals surface area contributed by atoms with Gasteiger partial charge >= 0.3 is 0 Å². The Labute approximate surface area is 233 Å². The molecule has 0 aliphatic carbocycles. The first kappa shape index (κ1) is 28.5. The van der Waals surface area contributed by atoms with Gasteiger partial charge in [0.1, 0.15) is 0 Å². The molecule has 1 aromatic heterocycles. The molecule has 0 radical (unpaired) electrons. The van der Waals surface area contributed by atoms with E-state index in [2.05, 4.69) is 36.8 Å². The quantitative estimate of drug-likeness (QED) is 0.258. The fraction of sp³-hybridized carbons (Fsp3) is 0.360. The van der Waals surface area contributed by atoms with Crippen molar-refractivity contribution in [2.45, 2.75) is 52.4 Å². The Balaban J connectivity index is 1.73. The van der Waals surface area contributed by atoms with Gasteiger partial charge < -0.3 is 15.2 Å². The van der Waals surface area contributed by atoms with Crippen LogP contribution in [-0.4, -0.2) is 32.3 Å². The second kappa shape index (κ2) is 12.4. The summed E-state index contributed by atoms with van der Waals surface area (Å²) in [6, 6.07) is 8.28. The molecule has 2 N–H and O–H groups in total. The number of rotatable bonds is 9. The molecule has 2 amide bonds. The van der Waals surface area contributed by atoms with Crippen LogP contribution in [0.25, 0.3) is 0 Å². The van der Waals surface area contributed by atoms with Gasteiger partial charge in [0.25, 0.3) is 5.91 Å². The van der Waals surface area contributed by atoms with Crippen LogP contribution in [0.1, 0.15) is 54.1 Å². The van der Waals surface area contributed by atoms with E-state index in [1.807, 2.05) is 51.3 Å². The molecule has 0 aliphatic heterocycles. The van der Waals surface area contributed by atoms with Crippen molar-refractivity contribution >= 4 is 68.4 Å². The maximum atomic E-state index is 12.9. The summed E-state index contributed by atoms with van der Waals surface area (Å²) >= 11 is 16.9. The maximum Gasteiger partial charge on any atom is 0.251 e. The molecule has 36 heavy (non-hydrogen) atoms. The van der Waals surface area contributed by atoms with E-state index >= 15 is 0 Å². The molecule has 11 heteroatoms. The highest BCUT2D eigenvalue weighted by molar-refractivity contribution is 9.10. The molecule has 7 nitrogen and oxygen atoms in total. The molecule has 192 valence electrons. The minimum absolute atomic E-state index is 0.0366. The lowest BCUT2D eigenvalue weighted by Crippen LogP contribution is -2.33. The van der Waals surface area contributed by atoms with Gasteiger partial charge in [0.05, 0.1) is 27.5 Å². The van der Waals surface area contributed by atoms with Crippen LogP contribution in [-0.2, 0) is 11.3 Å². The highest BCUT2D eigenvalue weighted by atomic mass is 79.9. The molecule has 0 spiro atoms. The third-order valence-corrected chi connectivity index (χ3v) is 8.03. The molecular weight excluding hydrogens is 585 g/mol. The van der Waals surface area contributed by atoms with Gasteiger partial charge in [-0.15, -0.1) is 10.2 Å². The van der Waals surface area contributed by atoms with Gasteiger partial charge in [-0.05, 0) is 84.1 Å². The number of hydrogen-bond donors (Lipinski definition) is 2. The number of carbonyl (C=O) groups excluding carboxylic acids is 2. The first-order valence-corrected chi connectivity index (χ1v) is 13.9. The van der Waals surface area contributed by atoms with E-state index in [0.29, 0.717) is 33.1 Å². The van der Waals surface area contributed by atoms with Gasteiger partial charge in [0.15, 0.2) is 11.0 Å². The van der Waals surface area contributed by atoms with E-state index in [4.69, 9.17) is 23.2 Å². The van der Waals surface area contributed by atoms with Crippen molar-refractivity contribution in [2.24, 2.45) is 5.92 Å². The minimum Gasteiger partial charge on any atom is -0.342 e. The van der Waals surface area contributed by atoms with Gasteiger partial charge in [-0.3, -0.25) is 9.59 Å². The smallest absolute Gasteiger partial charge is 0.251 e. The average molecular weight is 613 g/mol. The Bertz CT molecular complexity index is 1280. The summed E-state index contributed by atoms with van der Waals surface area (Å²) < 4.78 is 2.75. The predicted octanol–water partition coefficient (Wildman–Crippen LogP) is 6.84. The van der Waals surface area contributed by atoms with Gasteiger partial charge in [-0.25, -0.2) is 0 Å². The van der Waals surface area contributed by atoms with E-state index < -0.39 is 6.04 Å². The van der Waals surface area contributed by atoms with Gasteiger partial charge in [0.2, 0.25) is 5.91 Å². The first-order valence-electron chi connectivity index (χ1n) is 11.4. The first-order chi connectivity index (χ1) is 17.0. The van der Waals surface area contributed by atoms with Crippen LogP contribution in [0.4, 0.5) is 5.69 Å². The number of thioether (sulfide) groups is 1. The van der Waals surface area contributed by atoms with Crippen LogP contribution in [0.5, 0.6) is 0 Å². The summed E-state index contributed by atoms with van der Waals surface area (Å²) in [6.45, 7) is 10.6. The van der Waals surface area contributed by atoms with Crippen molar-refractivity contribution in [3.05, 3.63) is 67.4 Å². The molecule has 0 saturated heterocycles.